The Morgan fingerprint density at radius 2 is 2.29 bits per heavy atom. The lowest BCUT2D eigenvalue weighted by atomic mass is 10.1. The molecule has 0 spiro atoms. The number of likely N-dealkylation sites (tertiary alicyclic amines) is 1. The van der Waals surface area contributed by atoms with Crippen molar-refractivity contribution >= 4 is 11.9 Å². The summed E-state index contributed by atoms with van der Waals surface area (Å²) in [6.45, 7) is 2.93. The molecular formula is C11H15N3O3. The summed E-state index contributed by atoms with van der Waals surface area (Å²) in [5, 5.41) is 12.9. The number of carboxylic acids is 1. The second-order valence-electron chi connectivity index (χ2n) is 4.28. The van der Waals surface area contributed by atoms with E-state index in [0.29, 0.717) is 6.54 Å². The molecule has 0 aromatic carbocycles. The van der Waals surface area contributed by atoms with Crippen molar-refractivity contribution in [2.24, 2.45) is 0 Å². The van der Waals surface area contributed by atoms with Crippen molar-refractivity contribution in [3.8, 4) is 0 Å². The molecule has 1 aliphatic heterocycles. The quantitative estimate of drug-likeness (QED) is 0.824. The summed E-state index contributed by atoms with van der Waals surface area (Å²) in [6.07, 6.45) is 4.71. The van der Waals surface area contributed by atoms with Crippen molar-refractivity contribution in [3.63, 3.8) is 0 Å². The van der Waals surface area contributed by atoms with E-state index in [1.165, 1.54) is 12.4 Å². The summed E-state index contributed by atoms with van der Waals surface area (Å²) in [7, 11) is 0. The van der Waals surface area contributed by atoms with Gasteiger partial charge < -0.3 is 10.0 Å². The summed E-state index contributed by atoms with van der Waals surface area (Å²) < 4.78 is 1.65. The SMILES string of the molecule is CC(=O)N1CCCC(n2cc(C(=O)O)cn2)C1. The van der Waals surface area contributed by atoms with Gasteiger partial charge in [0.2, 0.25) is 5.91 Å². The number of piperidine rings is 1. The third-order valence-corrected chi connectivity index (χ3v) is 3.06. The topological polar surface area (TPSA) is 75.4 Å². The summed E-state index contributed by atoms with van der Waals surface area (Å²) in [5.74, 6) is -0.921. The molecule has 1 aromatic rings. The molecule has 0 bridgehead atoms. The first-order valence-corrected chi connectivity index (χ1v) is 5.61. The standard InChI is InChI=1S/C11H15N3O3/c1-8(15)13-4-2-3-10(7-13)14-6-9(5-12-14)11(16)17/h5-6,10H,2-4,7H2,1H3,(H,16,17). The minimum absolute atomic E-state index is 0.0558. The van der Waals surface area contributed by atoms with Crippen LogP contribution in [0.5, 0.6) is 0 Å². The van der Waals surface area contributed by atoms with Crippen molar-refractivity contribution in [1.82, 2.24) is 14.7 Å². The molecule has 6 heteroatoms. The first kappa shape index (κ1) is 11.6. The number of amides is 1. The molecule has 6 nitrogen and oxygen atoms in total. The molecule has 2 heterocycles. The molecule has 2 rings (SSSR count). The van der Waals surface area contributed by atoms with Crippen LogP contribution in [-0.4, -0.2) is 44.8 Å². The van der Waals surface area contributed by atoms with Crippen molar-refractivity contribution in [3.05, 3.63) is 18.0 Å². The van der Waals surface area contributed by atoms with Crippen molar-refractivity contribution in [2.75, 3.05) is 13.1 Å². The van der Waals surface area contributed by atoms with Gasteiger partial charge in [-0.15, -0.1) is 0 Å². The van der Waals surface area contributed by atoms with Gasteiger partial charge in [-0.3, -0.25) is 9.48 Å². The van der Waals surface area contributed by atoms with Crippen LogP contribution in [0.1, 0.15) is 36.2 Å². The zero-order chi connectivity index (χ0) is 12.4. The predicted molar refractivity (Wildman–Crippen MR) is 59.7 cm³/mol. The fourth-order valence-electron chi connectivity index (χ4n) is 2.10. The van der Waals surface area contributed by atoms with Crippen LogP contribution in [0.2, 0.25) is 0 Å². The number of aromatic nitrogens is 2. The highest BCUT2D eigenvalue weighted by Gasteiger charge is 2.23. The smallest absolute Gasteiger partial charge is 0.338 e. The Balaban J connectivity index is 2.10. The molecule has 1 fully saturated rings. The second kappa shape index (κ2) is 4.57. The summed E-state index contributed by atoms with van der Waals surface area (Å²) in [6, 6.07) is 0.0840. The van der Waals surface area contributed by atoms with Crippen molar-refractivity contribution in [1.29, 1.82) is 0 Å². The Labute approximate surface area is 98.8 Å². The van der Waals surface area contributed by atoms with Crippen molar-refractivity contribution in [2.45, 2.75) is 25.8 Å². The van der Waals surface area contributed by atoms with Crippen LogP contribution in [0.15, 0.2) is 12.4 Å². The van der Waals surface area contributed by atoms with E-state index in [1.807, 2.05) is 0 Å². The largest absolute Gasteiger partial charge is 0.478 e. The summed E-state index contributed by atoms with van der Waals surface area (Å²) >= 11 is 0. The van der Waals surface area contributed by atoms with Crippen LogP contribution >= 0.6 is 0 Å². The number of carboxylic acid groups (broad SMARTS) is 1. The number of nitrogens with zero attached hydrogens (tertiary/aromatic N) is 3. The number of rotatable bonds is 2. The maximum atomic E-state index is 11.3. The molecular weight excluding hydrogens is 222 g/mol. The van der Waals surface area contributed by atoms with Crippen LogP contribution in [0.4, 0.5) is 0 Å². The van der Waals surface area contributed by atoms with Crippen LogP contribution in [-0.2, 0) is 4.79 Å². The average molecular weight is 237 g/mol. The highest BCUT2D eigenvalue weighted by Crippen LogP contribution is 2.21. The molecule has 17 heavy (non-hydrogen) atoms. The van der Waals surface area contributed by atoms with Crippen LogP contribution in [0, 0.1) is 0 Å². The minimum Gasteiger partial charge on any atom is -0.478 e. The lowest BCUT2D eigenvalue weighted by Gasteiger charge is -2.32. The fraction of sp³-hybridized carbons (Fsp3) is 0.545. The number of carbonyl (C=O) groups excluding carboxylic acids is 1. The zero-order valence-corrected chi connectivity index (χ0v) is 9.67. The van der Waals surface area contributed by atoms with Gasteiger partial charge in [0, 0.05) is 26.2 Å². The molecule has 92 valence electrons. The molecule has 0 radical (unpaired) electrons. The fourth-order valence-corrected chi connectivity index (χ4v) is 2.10. The van der Waals surface area contributed by atoms with E-state index in [2.05, 4.69) is 5.10 Å². The van der Waals surface area contributed by atoms with Gasteiger partial charge in [-0.05, 0) is 12.8 Å². The lowest BCUT2D eigenvalue weighted by Crippen LogP contribution is -2.39. The normalized spacial score (nSPS) is 20.3. The van der Waals surface area contributed by atoms with Gasteiger partial charge in [-0.1, -0.05) is 0 Å². The second-order valence-corrected chi connectivity index (χ2v) is 4.28. The van der Waals surface area contributed by atoms with Gasteiger partial charge in [-0.2, -0.15) is 5.10 Å². The number of hydrogen-bond acceptors (Lipinski definition) is 3. The third-order valence-electron chi connectivity index (χ3n) is 3.06. The molecule has 1 amide bonds. The number of aromatic carboxylic acids is 1. The Bertz CT molecular complexity index is 441. The molecule has 1 N–H and O–H groups in total. The lowest BCUT2D eigenvalue weighted by molar-refractivity contribution is -0.130. The molecule has 1 saturated heterocycles. The highest BCUT2D eigenvalue weighted by molar-refractivity contribution is 5.86. The first-order valence-electron chi connectivity index (χ1n) is 5.61. The van der Waals surface area contributed by atoms with Crippen LogP contribution < -0.4 is 0 Å². The van der Waals surface area contributed by atoms with Crippen LogP contribution in [0.3, 0.4) is 0 Å². The Morgan fingerprint density at radius 3 is 2.88 bits per heavy atom. The van der Waals surface area contributed by atoms with E-state index in [1.54, 1.807) is 16.5 Å². The molecule has 0 saturated carbocycles. The van der Waals surface area contributed by atoms with Crippen LogP contribution in [0.25, 0.3) is 0 Å². The minimum atomic E-state index is -0.976. The average Bonchev–Trinajstić information content (AvgIpc) is 2.78. The summed E-state index contributed by atoms with van der Waals surface area (Å²) in [4.78, 5) is 23.8. The van der Waals surface area contributed by atoms with Crippen molar-refractivity contribution < 1.29 is 14.7 Å². The molecule has 1 aliphatic rings. The van der Waals surface area contributed by atoms with Gasteiger partial charge in [0.15, 0.2) is 0 Å². The Kier molecular flexibility index (Phi) is 3.12. The zero-order valence-electron chi connectivity index (χ0n) is 9.67. The maximum absolute atomic E-state index is 11.3. The van der Waals surface area contributed by atoms with E-state index in [0.717, 1.165) is 19.4 Å². The Morgan fingerprint density at radius 1 is 1.53 bits per heavy atom. The van der Waals surface area contributed by atoms with E-state index >= 15 is 0 Å². The monoisotopic (exact) mass is 237 g/mol. The molecule has 1 aromatic heterocycles. The van der Waals surface area contributed by atoms with Gasteiger partial charge >= 0.3 is 5.97 Å². The molecule has 1 unspecified atom stereocenters. The molecule has 0 aliphatic carbocycles. The van der Waals surface area contributed by atoms with E-state index in [4.69, 9.17) is 5.11 Å². The number of carbonyl (C=O) groups is 2. The summed E-state index contributed by atoms with van der Waals surface area (Å²) in [5.41, 5.74) is 0.185. The van der Waals surface area contributed by atoms with Gasteiger partial charge in [0.25, 0.3) is 0 Å². The first-order chi connectivity index (χ1) is 8.08. The molecule has 1 atom stereocenters. The van der Waals surface area contributed by atoms with E-state index < -0.39 is 5.97 Å². The predicted octanol–water partition coefficient (Wildman–Crippen LogP) is 0.765. The highest BCUT2D eigenvalue weighted by atomic mass is 16.4. The number of hydrogen-bond donors (Lipinski definition) is 1. The van der Waals surface area contributed by atoms with Gasteiger partial charge in [0.05, 0.1) is 17.8 Å². The van der Waals surface area contributed by atoms with Gasteiger partial charge in [-0.25, -0.2) is 4.79 Å². The Hall–Kier alpha value is -1.85. The van der Waals surface area contributed by atoms with E-state index in [9.17, 15) is 9.59 Å². The third kappa shape index (κ3) is 2.46. The maximum Gasteiger partial charge on any atom is 0.338 e. The van der Waals surface area contributed by atoms with Gasteiger partial charge in [0.1, 0.15) is 0 Å². The van der Waals surface area contributed by atoms with E-state index in [-0.39, 0.29) is 17.5 Å².